The standard InChI is InChI=1S/C18H19N3O2S.ClH/c1-13-9-16(8-7-15(13)10-19)24(22,23)21-11-17(18(20)12-21)14-5-3-2-4-6-14;/h2-9,17-18H,11-12,20H2,1H3;1H/t17-,18+;/m0./s1. The predicted octanol–water partition coefficient (Wildman–Crippen LogP) is 2.40. The van der Waals surface area contributed by atoms with Gasteiger partial charge in [-0.15, -0.1) is 12.4 Å². The van der Waals surface area contributed by atoms with Crippen molar-refractivity contribution in [1.82, 2.24) is 4.31 Å². The van der Waals surface area contributed by atoms with Crippen LogP contribution in [-0.4, -0.2) is 31.9 Å². The highest BCUT2D eigenvalue weighted by Gasteiger charge is 2.38. The first-order valence-corrected chi connectivity index (χ1v) is 9.19. The molecule has 0 unspecified atom stereocenters. The van der Waals surface area contributed by atoms with Crippen molar-refractivity contribution < 1.29 is 8.42 Å². The van der Waals surface area contributed by atoms with E-state index in [2.05, 4.69) is 6.07 Å². The van der Waals surface area contributed by atoms with Crippen molar-refractivity contribution in [2.24, 2.45) is 5.73 Å². The molecule has 2 aromatic rings. The summed E-state index contributed by atoms with van der Waals surface area (Å²) in [5.41, 5.74) is 8.39. The molecule has 7 heteroatoms. The van der Waals surface area contributed by atoms with Gasteiger partial charge in [0.2, 0.25) is 10.0 Å². The molecule has 3 rings (SSSR count). The minimum absolute atomic E-state index is 0. The zero-order valence-electron chi connectivity index (χ0n) is 13.8. The highest BCUT2D eigenvalue weighted by atomic mass is 35.5. The Morgan fingerprint density at radius 3 is 2.44 bits per heavy atom. The molecule has 1 aliphatic heterocycles. The number of benzene rings is 2. The number of halogens is 1. The van der Waals surface area contributed by atoms with Crippen LogP contribution in [0, 0.1) is 18.3 Å². The molecule has 0 amide bonds. The minimum atomic E-state index is -3.62. The van der Waals surface area contributed by atoms with Crippen LogP contribution in [-0.2, 0) is 10.0 Å². The molecule has 25 heavy (non-hydrogen) atoms. The summed E-state index contributed by atoms with van der Waals surface area (Å²) in [5, 5.41) is 8.99. The van der Waals surface area contributed by atoms with Crippen LogP contribution >= 0.6 is 12.4 Å². The Morgan fingerprint density at radius 2 is 1.84 bits per heavy atom. The van der Waals surface area contributed by atoms with Crippen molar-refractivity contribution in [2.45, 2.75) is 23.8 Å². The van der Waals surface area contributed by atoms with E-state index in [0.29, 0.717) is 24.2 Å². The maximum atomic E-state index is 12.9. The Hall–Kier alpha value is -1.91. The summed E-state index contributed by atoms with van der Waals surface area (Å²) in [7, 11) is -3.62. The van der Waals surface area contributed by atoms with Crippen molar-refractivity contribution in [3.05, 3.63) is 65.2 Å². The molecule has 0 spiro atoms. The number of sulfonamides is 1. The second-order valence-corrected chi connectivity index (χ2v) is 8.03. The first-order chi connectivity index (χ1) is 11.4. The second kappa shape index (κ2) is 7.54. The maximum Gasteiger partial charge on any atom is 0.243 e. The van der Waals surface area contributed by atoms with Gasteiger partial charge in [0.1, 0.15) is 0 Å². The molecule has 0 aliphatic carbocycles. The molecule has 1 aliphatic rings. The van der Waals surface area contributed by atoms with Crippen LogP contribution in [0.2, 0.25) is 0 Å². The highest BCUT2D eigenvalue weighted by Crippen LogP contribution is 2.30. The summed E-state index contributed by atoms with van der Waals surface area (Å²) in [5.74, 6) is -0.0135. The normalized spacial score (nSPS) is 20.7. The van der Waals surface area contributed by atoms with Gasteiger partial charge in [0, 0.05) is 25.0 Å². The monoisotopic (exact) mass is 377 g/mol. The Kier molecular flexibility index (Phi) is 5.86. The lowest BCUT2D eigenvalue weighted by Gasteiger charge is -2.17. The van der Waals surface area contributed by atoms with Crippen molar-refractivity contribution in [2.75, 3.05) is 13.1 Å². The summed E-state index contributed by atoms with van der Waals surface area (Å²) in [4.78, 5) is 0.208. The van der Waals surface area contributed by atoms with Crippen molar-refractivity contribution in [3.63, 3.8) is 0 Å². The molecule has 5 nitrogen and oxygen atoms in total. The third-order valence-electron chi connectivity index (χ3n) is 4.52. The number of aryl methyl sites for hydroxylation is 1. The van der Waals surface area contributed by atoms with E-state index in [4.69, 9.17) is 11.0 Å². The van der Waals surface area contributed by atoms with Gasteiger partial charge in [0.05, 0.1) is 16.5 Å². The third-order valence-corrected chi connectivity index (χ3v) is 6.34. The molecule has 1 saturated heterocycles. The van der Waals surface area contributed by atoms with Gasteiger partial charge < -0.3 is 5.73 Å². The van der Waals surface area contributed by atoms with Crippen LogP contribution in [0.25, 0.3) is 0 Å². The van der Waals surface area contributed by atoms with Gasteiger partial charge >= 0.3 is 0 Å². The predicted molar refractivity (Wildman–Crippen MR) is 99.1 cm³/mol. The van der Waals surface area contributed by atoms with E-state index in [1.54, 1.807) is 19.1 Å². The molecule has 2 N–H and O–H groups in total. The van der Waals surface area contributed by atoms with E-state index in [0.717, 1.165) is 5.56 Å². The van der Waals surface area contributed by atoms with E-state index >= 15 is 0 Å². The molecule has 0 radical (unpaired) electrons. The molecule has 0 bridgehead atoms. The van der Waals surface area contributed by atoms with Crippen LogP contribution in [0.5, 0.6) is 0 Å². The smallest absolute Gasteiger partial charge is 0.243 e. The van der Waals surface area contributed by atoms with Gasteiger partial charge in [-0.05, 0) is 36.2 Å². The number of hydrogen-bond donors (Lipinski definition) is 1. The Bertz CT molecular complexity index is 894. The van der Waals surface area contributed by atoms with Crippen LogP contribution in [0.3, 0.4) is 0 Å². The van der Waals surface area contributed by atoms with E-state index in [1.165, 1.54) is 10.4 Å². The van der Waals surface area contributed by atoms with Gasteiger partial charge in [-0.1, -0.05) is 30.3 Å². The number of nitrogens with zero attached hydrogens (tertiary/aromatic N) is 2. The molecule has 2 atom stereocenters. The van der Waals surface area contributed by atoms with Crippen molar-refractivity contribution in [1.29, 1.82) is 5.26 Å². The molecule has 0 saturated carbocycles. The first kappa shape index (κ1) is 19.4. The Balaban J connectivity index is 0.00000225. The van der Waals surface area contributed by atoms with E-state index in [1.807, 2.05) is 30.3 Å². The van der Waals surface area contributed by atoms with E-state index in [9.17, 15) is 8.42 Å². The maximum absolute atomic E-state index is 12.9. The summed E-state index contributed by atoms with van der Waals surface area (Å²) < 4.78 is 27.2. The molecule has 0 aromatic heterocycles. The topological polar surface area (TPSA) is 87.2 Å². The molecule has 132 valence electrons. The summed E-state index contributed by atoms with van der Waals surface area (Å²) in [6.45, 7) is 2.40. The van der Waals surface area contributed by atoms with Crippen molar-refractivity contribution in [3.8, 4) is 6.07 Å². The van der Waals surface area contributed by atoms with Gasteiger partial charge in [-0.2, -0.15) is 9.57 Å². The quantitative estimate of drug-likeness (QED) is 0.889. The fourth-order valence-corrected chi connectivity index (χ4v) is 4.70. The summed E-state index contributed by atoms with van der Waals surface area (Å²) >= 11 is 0. The number of hydrogen-bond acceptors (Lipinski definition) is 4. The fourth-order valence-electron chi connectivity index (χ4n) is 3.11. The van der Waals surface area contributed by atoms with Gasteiger partial charge in [0.25, 0.3) is 0 Å². The molecule has 1 fully saturated rings. The average Bonchev–Trinajstić information content (AvgIpc) is 2.98. The average molecular weight is 378 g/mol. The van der Waals surface area contributed by atoms with Gasteiger partial charge in [0.15, 0.2) is 0 Å². The fraction of sp³-hybridized carbons (Fsp3) is 0.278. The van der Waals surface area contributed by atoms with Crippen LogP contribution in [0.4, 0.5) is 0 Å². The SMILES string of the molecule is Cc1cc(S(=O)(=O)N2C[C@@H](N)[C@H](c3ccccc3)C2)ccc1C#N.Cl. The lowest BCUT2D eigenvalue weighted by molar-refractivity contribution is 0.470. The lowest BCUT2D eigenvalue weighted by atomic mass is 9.95. The summed E-state index contributed by atoms with van der Waals surface area (Å²) in [6, 6.07) is 16.2. The zero-order chi connectivity index (χ0) is 17.3. The third kappa shape index (κ3) is 3.70. The zero-order valence-corrected chi connectivity index (χ0v) is 15.4. The largest absolute Gasteiger partial charge is 0.326 e. The van der Waals surface area contributed by atoms with Gasteiger partial charge in [-0.3, -0.25) is 0 Å². The van der Waals surface area contributed by atoms with Crippen LogP contribution < -0.4 is 5.73 Å². The second-order valence-electron chi connectivity index (χ2n) is 6.09. The molecule has 2 aromatic carbocycles. The molecule has 1 heterocycles. The summed E-state index contributed by atoms with van der Waals surface area (Å²) in [6.07, 6.45) is 0. The Morgan fingerprint density at radius 1 is 1.16 bits per heavy atom. The van der Waals surface area contributed by atoms with Crippen LogP contribution in [0.15, 0.2) is 53.4 Å². The number of nitriles is 1. The minimum Gasteiger partial charge on any atom is -0.326 e. The lowest BCUT2D eigenvalue weighted by Crippen LogP contribution is -2.32. The number of rotatable bonds is 3. The first-order valence-electron chi connectivity index (χ1n) is 7.75. The molecular formula is C18H20ClN3O2S. The van der Waals surface area contributed by atoms with Gasteiger partial charge in [-0.25, -0.2) is 8.42 Å². The number of nitrogens with two attached hydrogens (primary N) is 1. The van der Waals surface area contributed by atoms with Crippen LogP contribution in [0.1, 0.15) is 22.6 Å². The highest BCUT2D eigenvalue weighted by molar-refractivity contribution is 7.89. The Labute approximate surface area is 154 Å². The van der Waals surface area contributed by atoms with Crippen molar-refractivity contribution >= 4 is 22.4 Å². The van der Waals surface area contributed by atoms with E-state index in [-0.39, 0.29) is 29.3 Å². The van der Waals surface area contributed by atoms with E-state index < -0.39 is 10.0 Å². The molecular weight excluding hydrogens is 358 g/mol.